The molecule has 1 unspecified atom stereocenters. The molecule has 1 aliphatic carbocycles. The summed E-state index contributed by atoms with van der Waals surface area (Å²) in [6.45, 7) is 0. The van der Waals surface area contributed by atoms with Crippen molar-refractivity contribution in [2.75, 3.05) is 0 Å². The molecule has 6 rings (SSSR count). The van der Waals surface area contributed by atoms with Crippen LogP contribution in [0.15, 0.2) is 99.4 Å². The van der Waals surface area contributed by atoms with E-state index in [2.05, 4.69) is 0 Å². The normalized spacial score (nSPS) is 18.1. The minimum Gasteiger partial charge on any atom is -0.272 e. The van der Waals surface area contributed by atoms with Crippen molar-refractivity contribution in [2.45, 2.75) is 25.3 Å². The number of rotatable bonds is 4. The Labute approximate surface area is 225 Å². The molecule has 0 bridgehead atoms. The summed E-state index contributed by atoms with van der Waals surface area (Å²) in [5.41, 5.74) is 4.21. The van der Waals surface area contributed by atoms with Crippen molar-refractivity contribution in [3.63, 3.8) is 0 Å². The summed E-state index contributed by atoms with van der Waals surface area (Å²) in [7, 11) is 0. The average Bonchev–Trinajstić information content (AvgIpc) is 3.24. The number of nitro groups is 1. The van der Waals surface area contributed by atoms with Crippen LogP contribution in [0.4, 0.5) is 14.5 Å². The Morgan fingerprint density at radius 2 is 1.64 bits per heavy atom. The number of para-hydroxylation sites is 1. The van der Waals surface area contributed by atoms with E-state index in [1.807, 2.05) is 6.08 Å². The van der Waals surface area contributed by atoms with Gasteiger partial charge in [-0.05, 0) is 84.0 Å². The molecule has 0 N–H and O–H groups in total. The lowest BCUT2D eigenvalue weighted by atomic mass is 9.84. The third kappa shape index (κ3) is 4.66. The van der Waals surface area contributed by atoms with Gasteiger partial charge in [-0.1, -0.05) is 47.7 Å². The van der Waals surface area contributed by atoms with E-state index >= 15 is 0 Å². The Morgan fingerprint density at radius 1 is 0.949 bits per heavy atom. The van der Waals surface area contributed by atoms with Gasteiger partial charge >= 0.3 is 0 Å². The van der Waals surface area contributed by atoms with Crippen LogP contribution in [0.25, 0.3) is 12.2 Å². The van der Waals surface area contributed by atoms with Gasteiger partial charge in [0.1, 0.15) is 11.6 Å². The molecule has 0 fully saturated rings. The monoisotopic (exact) mass is 541 g/mol. The zero-order valence-electron chi connectivity index (χ0n) is 20.5. The summed E-state index contributed by atoms with van der Waals surface area (Å²) in [6.07, 6.45) is 5.82. The van der Waals surface area contributed by atoms with Crippen molar-refractivity contribution in [1.29, 1.82) is 0 Å². The van der Waals surface area contributed by atoms with Crippen molar-refractivity contribution in [3.05, 3.63) is 148 Å². The van der Waals surface area contributed by atoms with Gasteiger partial charge in [0.25, 0.3) is 11.2 Å². The van der Waals surface area contributed by atoms with Crippen LogP contribution in [0.3, 0.4) is 0 Å². The molecule has 0 radical (unpaired) electrons. The summed E-state index contributed by atoms with van der Waals surface area (Å²) in [5, 5.41) is 11.6. The lowest BCUT2D eigenvalue weighted by molar-refractivity contribution is -0.385. The number of fused-ring (bicyclic) bond motifs is 1. The molecule has 9 heteroatoms. The van der Waals surface area contributed by atoms with Crippen LogP contribution in [-0.4, -0.2) is 9.49 Å². The Hall–Kier alpha value is -4.50. The first-order chi connectivity index (χ1) is 18.9. The summed E-state index contributed by atoms with van der Waals surface area (Å²) in [6, 6.07) is 18.1. The van der Waals surface area contributed by atoms with Crippen LogP contribution >= 0.6 is 11.3 Å². The molecule has 1 atom stereocenters. The molecule has 2 aliphatic rings. The fourth-order valence-electron chi connectivity index (χ4n) is 5.18. The number of allylic oxidation sites excluding steroid dienone is 2. The second kappa shape index (κ2) is 9.99. The molecule has 39 heavy (non-hydrogen) atoms. The van der Waals surface area contributed by atoms with Gasteiger partial charge in [0.05, 0.1) is 26.8 Å². The van der Waals surface area contributed by atoms with Crippen LogP contribution < -0.4 is 14.9 Å². The maximum Gasteiger partial charge on any atom is 0.276 e. The second-order valence-electron chi connectivity index (χ2n) is 9.40. The maximum absolute atomic E-state index is 13.9. The number of nitrogens with zero attached hydrogens (tertiary/aromatic N) is 3. The SMILES string of the molecule is O=c1/c(=C\c2ccccc2[N+](=O)[O-])sc2n1C(c1ccc(F)cc1)C1=C(N=2)/C(=C\c2ccc(F)cc2)CCC1. The Balaban J connectivity index is 1.58. The zero-order valence-corrected chi connectivity index (χ0v) is 21.3. The summed E-state index contributed by atoms with van der Waals surface area (Å²) < 4.78 is 29.3. The molecule has 6 nitrogen and oxygen atoms in total. The lowest BCUT2D eigenvalue weighted by Gasteiger charge is -2.31. The molecule has 194 valence electrons. The molecule has 1 aromatic heterocycles. The first-order valence-corrected chi connectivity index (χ1v) is 13.2. The third-order valence-corrected chi connectivity index (χ3v) is 7.93. The third-order valence-electron chi connectivity index (χ3n) is 6.95. The predicted molar refractivity (Wildman–Crippen MR) is 146 cm³/mol. The molecular formula is C30H21F2N3O3S. The molecule has 0 saturated carbocycles. The summed E-state index contributed by atoms with van der Waals surface area (Å²) in [4.78, 5) is 30.3. The lowest BCUT2D eigenvalue weighted by Crippen LogP contribution is -2.39. The molecular weight excluding hydrogens is 520 g/mol. The average molecular weight is 542 g/mol. The minimum atomic E-state index is -0.498. The number of hydrogen-bond donors (Lipinski definition) is 0. The van der Waals surface area contributed by atoms with Crippen molar-refractivity contribution >= 4 is 29.2 Å². The highest BCUT2D eigenvalue weighted by Gasteiger charge is 2.32. The molecule has 0 saturated heterocycles. The topological polar surface area (TPSA) is 77.5 Å². The van der Waals surface area contributed by atoms with Crippen LogP contribution in [0, 0.1) is 21.7 Å². The van der Waals surface area contributed by atoms with E-state index in [0.717, 1.165) is 40.8 Å². The van der Waals surface area contributed by atoms with Gasteiger partial charge in [-0.2, -0.15) is 0 Å². The molecule has 1 aliphatic heterocycles. The van der Waals surface area contributed by atoms with Gasteiger partial charge < -0.3 is 0 Å². The fourth-order valence-corrected chi connectivity index (χ4v) is 6.17. The van der Waals surface area contributed by atoms with E-state index in [-0.39, 0.29) is 22.9 Å². The second-order valence-corrected chi connectivity index (χ2v) is 10.4. The highest BCUT2D eigenvalue weighted by atomic mass is 32.1. The molecule has 4 aromatic rings. The van der Waals surface area contributed by atoms with E-state index in [1.54, 1.807) is 47.0 Å². The van der Waals surface area contributed by atoms with Crippen LogP contribution in [0.1, 0.15) is 42.0 Å². The number of hydrogen-bond acceptors (Lipinski definition) is 5. The number of benzene rings is 3. The van der Waals surface area contributed by atoms with Gasteiger partial charge in [-0.15, -0.1) is 0 Å². The highest BCUT2D eigenvalue weighted by molar-refractivity contribution is 7.07. The predicted octanol–water partition coefficient (Wildman–Crippen LogP) is 5.67. The smallest absolute Gasteiger partial charge is 0.272 e. The van der Waals surface area contributed by atoms with Crippen molar-refractivity contribution < 1.29 is 13.7 Å². The fraction of sp³-hybridized carbons (Fsp3) is 0.133. The summed E-state index contributed by atoms with van der Waals surface area (Å²) in [5.74, 6) is -0.693. The first-order valence-electron chi connectivity index (χ1n) is 12.4. The Morgan fingerprint density at radius 3 is 2.36 bits per heavy atom. The van der Waals surface area contributed by atoms with Crippen molar-refractivity contribution in [2.24, 2.45) is 4.99 Å². The van der Waals surface area contributed by atoms with Gasteiger partial charge in [-0.25, -0.2) is 13.8 Å². The van der Waals surface area contributed by atoms with Crippen molar-refractivity contribution in [3.8, 4) is 0 Å². The van der Waals surface area contributed by atoms with Gasteiger partial charge in [0.2, 0.25) is 0 Å². The molecule has 3 aromatic carbocycles. The number of halogens is 2. The van der Waals surface area contributed by atoms with Gasteiger partial charge in [-0.3, -0.25) is 19.5 Å². The molecule has 0 amide bonds. The summed E-state index contributed by atoms with van der Waals surface area (Å²) >= 11 is 1.17. The largest absolute Gasteiger partial charge is 0.276 e. The van der Waals surface area contributed by atoms with Crippen molar-refractivity contribution in [1.82, 2.24) is 4.57 Å². The van der Waals surface area contributed by atoms with E-state index in [9.17, 15) is 23.7 Å². The van der Waals surface area contributed by atoms with Crippen LogP contribution in [0.5, 0.6) is 0 Å². The maximum atomic E-state index is 13.9. The number of aromatic nitrogens is 1. The standard InChI is InChI=1S/C30H21F2N3O3S/c31-22-12-8-18(9-13-22)16-21-5-3-6-24-27(21)33-30-34(28(24)19-10-14-23(32)15-11-19)29(36)26(39-30)17-20-4-1-2-7-25(20)35(37)38/h1-2,4,7-17,28H,3,5-6H2/b21-16-,26-17+. The Bertz CT molecular complexity index is 1850. The van der Waals surface area contributed by atoms with Gasteiger partial charge in [0, 0.05) is 6.07 Å². The molecule has 0 spiro atoms. The van der Waals surface area contributed by atoms with E-state index in [4.69, 9.17) is 4.99 Å². The van der Waals surface area contributed by atoms with E-state index in [1.165, 1.54) is 47.7 Å². The highest BCUT2D eigenvalue weighted by Crippen LogP contribution is 2.41. The molecule has 2 heterocycles. The van der Waals surface area contributed by atoms with E-state index in [0.29, 0.717) is 21.3 Å². The zero-order chi connectivity index (χ0) is 27.1. The number of nitro benzene ring substituents is 1. The van der Waals surface area contributed by atoms with Crippen LogP contribution in [0.2, 0.25) is 0 Å². The minimum absolute atomic E-state index is 0.0952. The van der Waals surface area contributed by atoms with Crippen LogP contribution in [-0.2, 0) is 0 Å². The first kappa shape index (κ1) is 24.8. The Kier molecular flexibility index (Phi) is 6.36. The quantitative estimate of drug-likeness (QED) is 0.247. The number of thiazole rings is 1. The van der Waals surface area contributed by atoms with Gasteiger partial charge in [0.15, 0.2) is 4.80 Å². The van der Waals surface area contributed by atoms with E-state index < -0.39 is 11.0 Å².